The van der Waals surface area contributed by atoms with E-state index in [1.807, 2.05) is 0 Å². The lowest BCUT2D eigenvalue weighted by Crippen LogP contribution is -2.30. The second-order valence-corrected chi connectivity index (χ2v) is 2.38. The third-order valence-corrected chi connectivity index (χ3v) is 1.59. The van der Waals surface area contributed by atoms with Gasteiger partial charge in [0.05, 0.1) is 0 Å². The molecule has 1 fully saturated rings. The molecule has 66 valence electrons. The summed E-state index contributed by atoms with van der Waals surface area (Å²) in [6.45, 7) is 1.75. The highest BCUT2D eigenvalue weighted by molar-refractivity contribution is 5.73. The second-order valence-electron chi connectivity index (χ2n) is 2.38. The molecule has 0 radical (unpaired) electrons. The van der Waals surface area contributed by atoms with Crippen LogP contribution in [0.15, 0.2) is 0 Å². The average molecular weight is 170 g/mol. The van der Waals surface area contributed by atoms with Crippen LogP contribution in [0.1, 0.15) is 13.3 Å². The van der Waals surface area contributed by atoms with Crippen molar-refractivity contribution in [1.29, 1.82) is 0 Å². The number of carboxylic acids is 1. The topological polar surface area (TPSA) is 55.8 Å². The van der Waals surface area contributed by atoms with E-state index < -0.39 is 18.2 Å². The molecule has 1 saturated heterocycles. The minimum Gasteiger partial charge on any atom is -0.479 e. The Morgan fingerprint density at radius 2 is 2.42 bits per heavy atom. The van der Waals surface area contributed by atoms with Crippen LogP contribution in [0.3, 0.4) is 0 Å². The lowest BCUT2D eigenvalue weighted by Gasteiger charge is -2.08. The maximum Gasteiger partial charge on any atom is 0.335 e. The molecule has 0 bridgehead atoms. The van der Waals surface area contributed by atoms with E-state index in [0.717, 1.165) is 0 Å². The van der Waals surface area contributed by atoms with Crippen molar-refractivity contribution in [2.45, 2.75) is 25.6 Å². The zero-order valence-electron chi connectivity index (χ0n) is 6.74. The molecule has 0 aromatic heterocycles. The number of carboxylic acid groups (broad SMARTS) is 1. The molecule has 1 N–H and O–H groups in total. The van der Waals surface area contributed by atoms with Crippen LogP contribution < -0.4 is 0 Å². The fourth-order valence-corrected chi connectivity index (χ4v) is 0.994. The lowest BCUT2D eigenvalue weighted by molar-refractivity contribution is -0.147. The fourth-order valence-electron chi connectivity index (χ4n) is 0.994. The van der Waals surface area contributed by atoms with Crippen LogP contribution in [0, 0.1) is 11.8 Å². The first kappa shape index (κ1) is 9.04. The molecule has 4 heteroatoms. The molecule has 0 aliphatic carbocycles. The molecule has 0 saturated carbocycles. The summed E-state index contributed by atoms with van der Waals surface area (Å²) >= 11 is 0. The van der Waals surface area contributed by atoms with Gasteiger partial charge in [-0.25, -0.2) is 4.79 Å². The Hall–Kier alpha value is -1.05. The van der Waals surface area contributed by atoms with Crippen molar-refractivity contribution in [3.8, 4) is 11.8 Å². The molecule has 1 rings (SSSR count). The summed E-state index contributed by atoms with van der Waals surface area (Å²) in [6, 6.07) is 0. The Morgan fingerprint density at radius 3 is 3.00 bits per heavy atom. The number of hydrogen-bond acceptors (Lipinski definition) is 3. The van der Waals surface area contributed by atoms with Gasteiger partial charge in [0.25, 0.3) is 0 Å². The van der Waals surface area contributed by atoms with Crippen LogP contribution in [0.2, 0.25) is 0 Å². The molecule has 1 aliphatic heterocycles. The van der Waals surface area contributed by atoms with Gasteiger partial charge in [0, 0.05) is 6.42 Å². The molecular weight excluding hydrogens is 160 g/mol. The molecule has 4 nitrogen and oxygen atoms in total. The Kier molecular flexibility index (Phi) is 3.09. The number of hydrogen-bond donors (Lipinski definition) is 1. The molecule has 0 aromatic rings. The van der Waals surface area contributed by atoms with Crippen molar-refractivity contribution in [3.05, 3.63) is 0 Å². The van der Waals surface area contributed by atoms with E-state index in [0.29, 0.717) is 6.42 Å². The van der Waals surface area contributed by atoms with E-state index in [2.05, 4.69) is 11.8 Å². The smallest absolute Gasteiger partial charge is 0.335 e. The quantitative estimate of drug-likeness (QED) is 0.602. The average Bonchev–Trinajstić information content (AvgIpc) is 2.48. The van der Waals surface area contributed by atoms with Crippen LogP contribution >= 0.6 is 0 Å². The third kappa shape index (κ3) is 1.97. The van der Waals surface area contributed by atoms with Crippen LogP contribution in [-0.2, 0) is 14.3 Å². The number of rotatable bonds is 2. The van der Waals surface area contributed by atoms with Gasteiger partial charge in [-0.3, -0.25) is 0 Å². The summed E-state index contributed by atoms with van der Waals surface area (Å²) in [5.74, 6) is 4.44. The van der Waals surface area contributed by atoms with E-state index in [9.17, 15) is 4.79 Å². The summed E-state index contributed by atoms with van der Waals surface area (Å²) in [4.78, 5) is 10.5. The SMILES string of the molecule is CC#CCC1OCOC1C(=O)O. The van der Waals surface area contributed by atoms with Crippen molar-refractivity contribution >= 4 is 5.97 Å². The van der Waals surface area contributed by atoms with Crippen molar-refractivity contribution in [2.75, 3.05) is 6.79 Å². The first-order valence-electron chi connectivity index (χ1n) is 3.61. The van der Waals surface area contributed by atoms with Gasteiger partial charge in [0.1, 0.15) is 12.9 Å². The number of aliphatic carboxylic acids is 1. The van der Waals surface area contributed by atoms with Crippen LogP contribution in [0.4, 0.5) is 0 Å². The summed E-state index contributed by atoms with van der Waals surface area (Å²) in [5, 5.41) is 8.63. The van der Waals surface area contributed by atoms with Crippen LogP contribution in [-0.4, -0.2) is 30.1 Å². The monoisotopic (exact) mass is 170 g/mol. The molecule has 12 heavy (non-hydrogen) atoms. The molecule has 0 spiro atoms. The van der Waals surface area contributed by atoms with Gasteiger partial charge in [-0.1, -0.05) is 0 Å². The first-order chi connectivity index (χ1) is 5.75. The molecular formula is C8H10O4. The highest BCUT2D eigenvalue weighted by Gasteiger charge is 2.34. The zero-order chi connectivity index (χ0) is 8.97. The normalized spacial score (nSPS) is 27.8. The van der Waals surface area contributed by atoms with E-state index in [-0.39, 0.29) is 6.79 Å². The van der Waals surface area contributed by atoms with E-state index in [1.54, 1.807) is 6.92 Å². The predicted molar refractivity (Wildman–Crippen MR) is 40.3 cm³/mol. The van der Waals surface area contributed by atoms with Gasteiger partial charge in [-0.2, -0.15) is 0 Å². The number of carbonyl (C=O) groups is 1. The molecule has 1 heterocycles. The molecule has 2 unspecified atom stereocenters. The Labute approximate surface area is 70.5 Å². The zero-order valence-corrected chi connectivity index (χ0v) is 6.74. The standard InChI is InChI=1S/C8H10O4/c1-2-3-4-6-7(8(9)10)12-5-11-6/h6-7H,4-5H2,1H3,(H,9,10). The Balaban J connectivity index is 2.50. The van der Waals surface area contributed by atoms with Gasteiger partial charge in [0.2, 0.25) is 0 Å². The summed E-state index contributed by atoms with van der Waals surface area (Å²) in [5.41, 5.74) is 0. The highest BCUT2D eigenvalue weighted by atomic mass is 16.7. The maximum absolute atomic E-state index is 10.5. The summed E-state index contributed by atoms with van der Waals surface area (Å²) < 4.78 is 9.86. The lowest BCUT2D eigenvalue weighted by atomic mass is 10.1. The van der Waals surface area contributed by atoms with Crippen molar-refractivity contribution in [2.24, 2.45) is 0 Å². The third-order valence-electron chi connectivity index (χ3n) is 1.59. The van der Waals surface area contributed by atoms with Crippen molar-refractivity contribution < 1.29 is 19.4 Å². The molecule has 1 aliphatic rings. The van der Waals surface area contributed by atoms with Gasteiger partial charge in [0.15, 0.2) is 6.10 Å². The van der Waals surface area contributed by atoms with E-state index in [4.69, 9.17) is 14.6 Å². The Bertz CT molecular complexity index is 225. The number of ether oxygens (including phenoxy) is 2. The molecule has 0 aromatic carbocycles. The van der Waals surface area contributed by atoms with Gasteiger partial charge in [-0.05, 0) is 6.92 Å². The summed E-state index contributed by atoms with van der Waals surface area (Å²) in [6.07, 6.45) is -0.867. The van der Waals surface area contributed by atoms with Crippen molar-refractivity contribution in [1.82, 2.24) is 0 Å². The predicted octanol–water partition coefficient (Wildman–Crippen LogP) is 0.226. The minimum absolute atomic E-state index is 0.0486. The maximum atomic E-state index is 10.5. The first-order valence-corrected chi connectivity index (χ1v) is 3.61. The Morgan fingerprint density at radius 1 is 1.67 bits per heavy atom. The van der Waals surface area contributed by atoms with Crippen LogP contribution in [0.25, 0.3) is 0 Å². The second kappa shape index (κ2) is 4.10. The molecule has 0 amide bonds. The highest BCUT2D eigenvalue weighted by Crippen LogP contribution is 2.15. The van der Waals surface area contributed by atoms with E-state index >= 15 is 0 Å². The molecule has 2 atom stereocenters. The minimum atomic E-state index is -0.990. The largest absolute Gasteiger partial charge is 0.479 e. The fraction of sp³-hybridized carbons (Fsp3) is 0.625. The van der Waals surface area contributed by atoms with Gasteiger partial charge >= 0.3 is 5.97 Å². The van der Waals surface area contributed by atoms with Gasteiger partial charge < -0.3 is 14.6 Å². The van der Waals surface area contributed by atoms with Gasteiger partial charge in [-0.15, -0.1) is 11.8 Å². The summed E-state index contributed by atoms with van der Waals surface area (Å²) in [7, 11) is 0. The van der Waals surface area contributed by atoms with Crippen molar-refractivity contribution in [3.63, 3.8) is 0 Å². The van der Waals surface area contributed by atoms with E-state index in [1.165, 1.54) is 0 Å². The van der Waals surface area contributed by atoms with Crippen LogP contribution in [0.5, 0.6) is 0 Å².